The average molecular weight is 231 g/mol. The van der Waals surface area contributed by atoms with Gasteiger partial charge in [-0.05, 0) is 25.5 Å². The summed E-state index contributed by atoms with van der Waals surface area (Å²) in [6, 6.07) is 7.93. The number of para-hydroxylation sites is 1. The summed E-state index contributed by atoms with van der Waals surface area (Å²) in [6.07, 6.45) is 2.82. The Kier molecular flexibility index (Phi) is 3.75. The van der Waals surface area contributed by atoms with Gasteiger partial charge < -0.3 is 9.30 Å². The summed E-state index contributed by atoms with van der Waals surface area (Å²) in [5.41, 5.74) is 1.00. The van der Waals surface area contributed by atoms with Crippen molar-refractivity contribution in [2.24, 2.45) is 0 Å². The van der Waals surface area contributed by atoms with Crippen LogP contribution in [-0.2, 0) is 6.54 Å². The Labute approximate surface area is 101 Å². The summed E-state index contributed by atoms with van der Waals surface area (Å²) in [4.78, 5) is 0. The van der Waals surface area contributed by atoms with Crippen molar-refractivity contribution in [3.63, 3.8) is 0 Å². The molecular formula is C13H17N3O. The van der Waals surface area contributed by atoms with Crippen LogP contribution in [0.25, 0.3) is 11.4 Å². The van der Waals surface area contributed by atoms with E-state index < -0.39 is 0 Å². The van der Waals surface area contributed by atoms with Crippen molar-refractivity contribution < 1.29 is 4.74 Å². The van der Waals surface area contributed by atoms with Crippen molar-refractivity contribution in [3.05, 3.63) is 30.6 Å². The largest absolute Gasteiger partial charge is 0.493 e. The lowest BCUT2D eigenvalue weighted by molar-refractivity contribution is 0.341. The lowest BCUT2D eigenvalue weighted by Gasteiger charge is -2.10. The lowest BCUT2D eigenvalue weighted by atomic mass is 10.2. The lowest BCUT2D eigenvalue weighted by Crippen LogP contribution is -2.01. The van der Waals surface area contributed by atoms with Gasteiger partial charge in [0.1, 0.15) is 12.1 Å². The first kappa shape index (κ1) is 11.6. The van der Waals surface area contributed by atoms with Gasteiger partial charge in [0, 0.05) is 6.54 Å². The number of hydrogen-bond donors (Lipinski definition) is 0. The molecule has 2 aromatic rings. The molecule has 0 amide bonds. The molecule has 17 heavy (non-hydrogen) atoms. The van der Waals surface area contributed by atoms with Gasteiger partial charge in [-0.3, -0.25) is 0 Å². The second kappa shape index (κ2) is 5.48. The van der Waals surface area contributed by atoms with Crippen molar-refractivity contribution in [1.82, 2.24) is 14.8 Å². The van der Waals surface area contributed by atoms with Gasteiger partial charge in [0.05, 0.1) is 12.2 Å². The molecule has 0 saturated carbocycles. The van der Waals surface area contributed by atoms with E-state index in [9.17, 15) is 0 Å². The van der Waals surface area contributed by atoms with Crippen LogP contribution in [0.5, 0.6) is 5.75 Å². The third kappa shape index (κ3) is 2.46. The summed E-state index contributed by atoms with van der Waals surface area (Å²) < 4.78 is 7.67. The molecule has 0 unspecified atom stereocenters. The molecule has 1 heterocycles. The molecule has 1 aromatic heterocycles. The molecule has 0 aliphatic heterocycles. The number of aryl methyl sites for hydroxylation is 1. The molecule has 0 saturated heterocycles. The zero-order valence-corrected chi connectivity index (χ0v) is 10.3. The van der Waals surface area contributed by atoms with Gasteiger partial charge in [0.15, 0.2) is 5.82 Å². The van der Waals surface area contributed by atoms with Crippen molar-refractivity contribution in [2.75, 3.05) is 6.61 Å². The van der Waals surface area contributed by atoms with Crippen LogP contribution in [-0.4, -0.2) is 21.4 Å². The first-order valence-electron chi connectivity index (χ1n) is 5.96. The molecule has 0 N–H and O–H groups in total. The maximum Gasteiger partial charge on any atom is 0.167 e. The van der Waals surface area contributed by atoms with Crippen LogP contribution in [0.1, 0.15) is 20.3 Å². The summed E-state index contributed by atoms with van der Waals surface area (Å²) in [6.45, 7) is 5.69. The van der Waals surface area contributed by atoms with Gasteiger partial charge in [0.2, 0.25) is 0 Å². The zero-order chi connectivity index (χ0) is 12.1. The molecule has 1 aromatic carbocycles. The summed E-state index contributed by atoms with van der Waals surface area (Å²) in [7, 11) is 0. The monoisotopic (exact) mass is 231 g/mol. The van der Waals surface area contributed by atoms with E-state index in [1.54, 1.807) is 6.33 Å². The van der Waals surface area contributed by atoms with Gasteiger partial charge >= 0.3 is 0 Å². The first-order chi connectivity index (χ1) is 8.36. The average Bonchev–Trinajstić information content (AvgIpc) is 2.79. The maximum absolute atomic E-state index is 5.61. The van der Waals surface area contributed by atoms with E-state index in [4.69, 9.17) is 4.74 Å². The number of hydrogen-bond acceptors (Lipinski definition) is 3. The highest BCUT2D eigenvalue weighted by Crippen LogP contribution is 2.28. The van der Waals surface area contributed by atoms with Crippen LogP contribution in [0, 0.1) is 0 Å². The van der Waals surface area contributed by atoms with E-state index >= 15 is 0 Å². The van der Waals surface area contributed by atoms with E-state index in [1.165, 1.54) is 0 Å². The molecule has 0 radical (unpaired) electrons. The predicted molar refractivity (Wildman–Crippen MR) is 66.9 cm³/mol. The van der Waals surface area contributed by atoms with E-state index in [0.717, 1.165) is 30.1 Å². The van der Waals surface area contributed by atoms with Crippen molar-refractivity contribution in [3.8, 4) is 17.1 Å². The molecule has 0 fully saturated rings. The third-order valence-corrected chi connectivity index (χ3v) is 2.51. The molecular weight excluding hydrogens is 214 g/mol. The van der Waals surface area contributed by atoms with Gasteiger partial charge in [0.25, 0.3) is 0 Å². The quantitative estimate of drug-likeness (QED) is 0.794. The van der Waals surface area contributed by atoms with E-state index in [-0.39, 0.29) is 0 Å². The van der Waals surface area contributed by atoms with Crippen LogP contribution in [0.3, 0.4) is 0 Å². The predicted octanol–water partition coefficient (Wildman–Crippen LogP) is 2.75. The highest BCUT2D eigenvalue weighted by Gasteiger charge is 2.11. The minimum Gasteiger partial charge on any atom is -0.493 e. The summed E-state index contributed by atoms with van der Waals surface area (Å²) in [5.74, 6) is 1.73. The van der Waals surface area contributed by atoms with Crippen molar-refractivity contribution >= 4 is 0 Å². The van der Waals surface area contributed by atoms with Crippen molar-refractivity contribution in [1.29, 1.82) is 0 Å². The Balaban J connectivity index is 2.41. The maximum atomic E-state index is 5.61. The highest BCUT2D eigenvalue weighted by molar-refractivity contribution is 5.64. The van der Waals surface area contributed by atoms with Gasteiger partial charge in [-0.1, -0.05) is 19.1 Å². The van der Waals surface area contributed by atoms with Crippen LogP contribution < -0.4 is 4.74 Å². The van der Waals surface area contributed by atoms with Gasteiger partial charge in [-0.2, -0.15) is 0 Å². The van der Waals surface area contributed by atoms with E-state index in [2.05, 4.69) is 21.7 Å². The molecule has 0 spiro atoms. The van der Waals surface area contributed by atoms with Crippen LogP contribution in [0.4, 0.5) is 0 Å². The summed E-state index contributed by atoms with van der Waals surface area (Å²) in [5, 5.41) is 8.16. The second-order valence-electron chi connectivity index (χ2n) is 3.78. The van der Waals surface area contributed by atoms with Crippen molar-refractivity contribution in [2.45, 2.75) is 26.8 Å². The topological polar surface area (TPSA) is 39.9 Å². The fraction of sp³-hybridized carbons (Fsp3) is 0.385. The minimum atomic E-state index is 0.652. The molecule has 4 nitrogen and oxygen atoms in total. The van der Waals surface area contributed by atoms with Gasteiger partial charge in [-0.15, -0.1) is 10.2 Å². The second-order valence-corrected chi connectivity index (χ2v) is 3.78. The highest BCUT2D eigenvalue weighted by atomic mass is 16.5. The van der Waals surface area contributed by atoms with E-state index in [0.29, 0.717) is 6.61 Å². The number of aromatic nitrogens is 3. The molecule has 0 aliphatic rings. The number of nitrogens with zero attached hydrogens (tertiary/aromatic N) is 3. The number of ether oxygens (including phenoxy) is 1. The number of rotatable bonds is 5. The van der Waals surface area contributed by atoms with Crippen LogP contribution >= 0.6 is 0 Å². The van der Waals surface area contributed by atoms with Crippen LogP contribution in [0.2, 0.25) is 0 Å². The molecule has 0 bridgehead atoms. The normalized spacial score (nSPS) is 10.5. The number of benzene rings is 1. The molecule has 0 aliphatic carbocycles. The SMILES string of the molecule is CCCn1cnnc1-c1ccccc1OCC. The smallest absolute Gasteiger partial charge is 0.167 e. The molecule has 2 rings (SSSR count). The third-order valence-electron chi connectivity index (χ3n) is 2.51. The molecule has 90 valence electrons. The minimum absolute atomic E-state index is 0.652. The Morgan fingerprint density at radius 2 is 2.06 bits per heavy atom. The summed E-state index contributed by atoms with van der Waals surface area (Å²) >= 11 is 0. The Hall–Kier alpha value is -1.84. The Morgan fingerprint density at radius 3 is 2.82 bits per heavy atom. The molecule has 4 heteroatoms. The van der Waals surface area contributed by atoms with E-state index in [1.807, 2.05) is 31.2 Å². The fourth-order valence-corrected chi connectivity index (χ4v) is 1.80. The fourth-order valence-electron chi connectivity index (χ4n) is 1.80. The Morgan fingerprint density at radius 1 is 1.24 bits per heavy atom. The molecule has 0 atom stereocenters. The van der Waals surface area contributed by atoms with Gasteiger partial charge in [-0.25, -0.2) is 0 Å². The zero-order valence-electron chi connectivity index (χ0n) is 10.3. The standard InChI is InChI=1S/C13H17N3O/c1-3-9-16-10-14-15-13(16)11-7-5-6-8-12(11)17-4-2/h5-8,10H,3-4,9H2,1-2H3. The van der Waals surface area contributed by atoms with Crippen LogP contribution in [0.15, 0.2) is 30.6 Å². The Bertz CT molecular complexity index is 479. The first-order valence-corrected chi connectivity index (χ1v) is 5.96.